The normalized spacial score (nSPS) is 17.3. The lowest BCUT2D eigenvalue weighted by Gasteiger charge is -2.38. The highest BCUT2D eigenvalue weighted by atomic mass is 16.2. The number of carbonyl (C=O) groups is 2. The second-order valence-electron chi connectivity index (χ2n) is 4.99. The van der Waals surface area contributed by atoms with E-state index in [0.717, 1.165) is 31.9 Å². The van der Waals surface area contributed by atoms with Crippen molar-refractivity contribution in [2.45, 2.75) is 13.0 Å². The van der Waals surface area contributed by atoms with E-state index in [1.807, 2.05) is 11.0 Å². The molecule has 1 aromatic heterocycles. The van der Waals surface area contributed by atoms with Crippen LogP contribution in [0.25, 0.3) is 0 Å². The molecule has 21 heavy (non-hydrogen) atoms. The molecule has 0 radical (unpaired) electrons. The van der Waals surface area contributed by atoms with Crippen LogP contribution in [0.1, 0.15) is 6.92 Å². The van der Waals surface area contributed by atoms with Crippen molar-refractivity contribution in [2.75, 3.05) is 36.8 Å². The Balaban J connectivity index is 1.89. The second-order valence-corrected chi connectivity index (χ2v) is 4.99. The average Bonchev–Trinajstić information content (AvgIpc) is 2.47. The number of nitrogen functional groups attached to an aromatic ring is 1. The smallest absolute Gasteiger partial charge is 0.318 e. The summed E-state index contributed by atoms with van der Waals surface area (Å²) in [6, 6.07) is 2.49. The van der Waals surface area contributed by atoms with Crippen LogP contribution in [0.3, 0.4) is 0 Å². The number of anilines is 2. The summed E-state index contributed by atoms with van der Waals surface area (Å²) in [5, 5.41) is 2.11. The summed E-state index contributed by atoms with van der Waals surface area (Å²) >= 11 is 0. The molecule has 3 amide bonds. The highest BCUT2D eigenvalue weighted by molar-refractivity contribution is 5.96. The lowest BCUT2D eigenvalue weighted by atomic mass is 10.2. The monoisotopic (exact) mass is 292 g/mol. The van der Waals surface area contributed by atoms with Crippen LogP contribution in [0.15, 0.2) is 18.3 Å². The zero-order chi connectivity index (χ0) is 15.4. The minimum Gasteiger partial charge on any atom is -0.384 e. The number of hydrogen-bond acceptors (Lipinski definition) is 6. The fourth-order valence-corrected chi connectivity index (χ4v) is 2.34. The molecule has 2 rings (SSSR count). The van der Waals surface area contributed by atoms with Gasteiger partial charge in [-0.1, -0.05) is 0 Å². The molecule has 8 nitrogen and oxygen atoms in total. The first kappa shape index (κ1) is 15.0. The largest absolute Gasteiger partial charge is 0.384 e. The van der Waals surface area contributed by atoms with E-state index in [-0.39, 0.29) is 11.9 Å². The maximum absolute atomic E-state index is 11.8. The van der Waals surface area contributed by atoms with Gasteiger partial charge in [-0.05, 0) is 19.1 Å². The van der Waals surface area contributed by atoms with Crippen LogP contribution in [0, 0.1) is 0 Å². The van der Waals surface area contributed by atoms with Crippen molar-refractivity contribution in [1.29, 1.82) is 0 Å². The number of nitrogens with two attached hydrogens (primary N) is 2. The second kappa shape index (κ2) is 6.40. The Bertz CT molecular complexity index is 510. The van der Waals surface area contributed by atoms with Crippen LogP contribution in [-0.4, -0.2) is 54.0 Å². The maximum Gasteiger partial charge on any atom is 0.318 e. The van der Waals surface area contributed by atoms with Crippen LogP contribution in [-0.2, 0) is 4.79 Å². The van der Waals surface area contributed by atoms with Gasteiger partial charge in [-0.2, -0.15) is 0 Å². The molecule has 1 saturated heterocycles. The van der Waals surface area contributed by atoms with Crippen LogP contribution in [0.2, 0.25) is 0 Å². The van der Waals surface area contributed by atoms with Crippen molar-refractivity contribution >= 4 is 23.4 Å². The lowest BCUT2D eigenvalue weighted by Crippen LogP contribution is -2.55. The van der Waals surface area contributed by atoms with Gasteiger partial charge in [0.05, 0.1) is 17.9 Å². The molecule has 1 aliphatic rings. The molecule has 114 valence electrons. The molecule has 5 N–H and O–H groups in total. The molecule has 1 atom stereocenters. The molecule has 0 spiro atoms. The third kappa shape index (κ3) is 3.82. The van der Waals surface area contributed by atoms with Gasteiger partial charge in [0.25, 0.3) is 0 Å². The number of imide groups is 1. The van der Waals surface area contributed by atoms with E-state index in [2.05, 4.69) is 15.2 Å². The number of nitrogens with zero attached hydrogens (tertiary/aromatic N) is 3. The summed E-state index contributed by atoms with van der Waals surface area (Å²) in [4.78, 5) is 30.7. The summed E-state index contributed by atoms with van der Waals surface area (Å²) in [6.07, 6.45) is 1.74. The Morgan fingerprint density at radius 1 is 1.29 bits per heavy atom. The first-order chi connectivity index (χ1) is 9.97. The zero-order valence-electron chi connectivity index (χ0n) is 12.0. The number of rotatable bonds is 3. The molecule has 1 aromatic rings. The van der Waals surface area contributed by atoms with E-state index >= 15 is 0 Å². The maximum atomic E-state index is 11.8. The van der Waals surface area contributed by atoms with Gasteiger partial charge in [-0.3, -0.25) is 15.0 Å². The van der Waals surface area contributed by atoms with Crippen LogP contribution < -0.4 is 21.7 Å². The van der Waals surface area contributed by atoms with Gasteiger partial charge in [-0.15, -0.1) is 0 Å². The lowest BCUT2D eigenvalue weighted by molar-refractivity contribution is -0.124. The molecule has 2 heterocycles. The van der Waals surface area contributed by atoms with Gasteiger partial charge in [-0.25, -0.2) is 9.78 Å². The Morgan fingerprint density at radius 2 is 1.95 bits per heavy atom. The van der Waals surface area contributed by atoms with E-state index in [0.29, 0.717) is 5.82 Å². The fourth-order valence-electron chi connectivity index (χ4n) is 2.34. The van der Waals surface area contributed by atoms with Crippen molar-refractivity contribution in [2.24, 2.45) is 5.73 Å². The topological polar surface area (TPSA) is 118 Å². The number of pyridine rings is 1. The van der Waals surface area contributed by atoms with E-state index in [4.69, 9.17) is 11.5 Å². The summed E-state index contributed by atoms with van der Waals surface area (Å²) in [6.45, 7) is 4.76. The number of hydrogen-bond donors (Lipinski definition) is 3. The molecule has 0 aliphatic carbocycles. The van der Waals surface area contributed by atoms with Crippen LogP contribution in [0.5, 0.6) is 0 Å². The molecule has 0 saturated carbocycles. The summed E-state index contributed by atoms with van der Waals surface area (Å²) in [7, 11) is 0. The summed E-state index contributed by atoms with van der Waals surface area (Å²) in [5.74, 6) is 0.124. The summed E-state index contributed by atoms with van der Waals surface area (Å²) < 4.78 is 0. The molecule has 0 bridgehead atoms. The van der Waals surface area contributed by atoms with Gasteiger partial charge in [0.1, 0.15) is 5.82 Å². The first-order valence-electron chi connectivity index (χ1n) is 6.78. The van der Waals surface area contributed by atoms with Crippen molar-refractivity contribution in [3.05, 3.63) is 18.3 Å². The predicted octanol–water partition coefficient (Wildman–Crippen LogP) is -0.631. The molecular formula is C13H20N6O2. The molecular weight excluding hydrogens is 272 g/mol. The molecule has 1 unspecified atom stereocenters. The predicted molar refractivity (Wildman–Crippen MR) is 79.6 cm³/mol. The van der Waals surface area contributed by atoms with E-state index < -0.39 is 6.03 Å². The molecule has 1 fully saturated rings. The van der Waals surface area contributed by atoms with Gasteiger partial charge < -0.3 is 16.4 Å². The third-order valence-electron chi connectivity index (χ3n) is 3.62. The fraction of sp³-hybridized carbons (Fsp3) is 0.462. The number of primary amides is 1. The van der Waals surface area contributed by atoms with Crippen LogP contribution in [0.4, 0.5) is 16.3 Å². The van der Waals surface area contributed by atoms with Crippen molar-refractivity contribution in [1.82, 2.24) is 15.2 Å². The van der Waals surface area contributed by atoms with E-state index in [9.17, 15) is 9.59 Å². The van der Waals surface area contributed by atoms with Gasteiger partial charge in [0.15, 0.2) is 0 Å². The third-order valence-corrected chi connectivity index (χ3v) is 3.62. The Hall–Kier alpha value is -2.35. The first-order valence-corrected chi connectivity index (χ1v) is 6.78. The molecule has 1 aliphatic heterocycles. The minimum atomic E-state index is -0.821. The van der Waals surface area contributed by atoms with Crippen LogP contribution >= 0.6 is 0 Å². The number of carbonyl (C=O) groups excluding carboxylic acids is 2. The van der Waals surface area contributed by atoms with Gasteiger partial charge in [0, 0.05) is 26.2 Å². The van der Waals surface area contributed by atoms with Crippen molar-refractivity contribution in [3.63, 3.8) is 0 Å². The number of urea groups is 1. The average molecular weight is 292 g/mol. The quantitative estimate of drug-likeness (QED) is 0.682. The number of nitrogens with one attached hydrogen (secondary N) is 1. The zero-order valence-corrected chi connectivity index (χ0v) is 12.0. The minimum absolute atomic E-state index is 0.370. The summed E-state index contributed by atoms with van der Waals surface area (Å²) in [5.41, 5.74) is 11.5. The highest BCUT2D eigenvalue weighted by Crippen LogP contribution is 2.17. The van der Waals surface area contributed by atoms with Gasteiger partial charge >= 0.3 is 6.03 Å². The van der Waals surface area contributed by atoms with E-state index in [1.165, 1.54) is 0 Å². The Morgan fingerprint density at radius 3 is 2.48 bits per heavy atom. The van der Waals surface area contributed by atoms with Crippen molar-refractivity contribution in [3.8, 4) is 0 Å². The van der Waals surface area contributed by atoms with Crippen molar-refractivity contribution < 1.29 is 9.59 Å². The molecule has 8 heteroatoms. The highest BCUT2D eigenvalue weighted by Gasteiger charge is 2.26. The van der Waals surface area contributed by atoms with E-state index in [1.54, 1.807) is 19.2 Å². The van der Waals surface area contributed by atoms with Gasteiger partial charge in [0.2, 0.25) is 5.91 Å². The molecule has 0 aromatic carbocycles. The Kier molecular flexibility index (Phi) is 4.59. The SMILES string of the molecule is CC(C(=O)NC(N)=O)N1CCN(c2ccc(N)nc2)CC1. The number of aromatic nitrogens is 1. The number of amides is 3. The standard InChI is InChI=1S/C13H20N6O2/c1-9(12(20)17-13(15)21)18-4-6-19(7-5-18)10-2-3-11(14)16-8-10/h2-3,8-9H,4-7H2,1H3,(H2,14,16)(H3,15,17,20,21). The number of piperazine rings is 1. The Labute approximate surface area is 123 Å².